The van der Waals surface area contributed by atoms with Crippen LogP contribution in [-0.2, 0) is 16.6 Å². The second-order valence-electron chi connectivity index (χ2n) is 5.89. The minimum Gasteiger partial charge on any atom is -0.480 e. The lowest BCUT2D eigenvalue weighted by molar-refractivity contribution is -0.144. The number of aryl methyl sites for hydroxylation is 2. The number of aromatic nitrogens is 2. The van der Waals surface area contributed by atoms with Crippen LogP contribution in [0.25, 0.3) is 6.08 Å². The molecule has 1 atom stereocenters. The van der Waals surface area contributed by atoms with Crippen molar-refractivity contribution in [1.29, 1.82) is 0 Å². The molecular weight excluding hydrogens is 294 g/mol. The highest BCUT2D eigenvalue weighted by molar-refractivity contribution is 6.31. The molecule has 0 saturated carbocycles. The fourth-order valence-corrected chi connectivity index (χ4v) is 2.07. The van der Waals surface area contributed by atoms with Gasteiger partial charge in [-0.2, -0.15) is 5.10 Å². The Morgan fingerprint density at radius 2 is 2.00 bits per heavy atom. The number of carbonyl (C=O) groups excluding carboxylic acids is 1. The van der Waals surface area contributed by atoms with Gasteiger partial charge in [0.1, 0.15) is 11.2 Å². The molecule has 0 aliphatic rings. The Morgan fingerprint density at radius 1 is 1.43 bits per heavy atom. The van der Waals surface area contributed by atoms with Gasteiger partial charge in [0, 0.05) is 18.7 Å². The number of nitrogens with one attached hydrogen (secondary N) is 1. The third kappa shape index (κ3) is 4.32. The maximum atomic E-state index is 11.9. The van der Waals surface area contributed by atoms with E-state index in [9.17, 15) is 9.59 Å². The fourth-order valence-electron chi connectivity index (χ4n) is 1.83. The van der Waals surface area contributed by atoms with Crippen LogP contribution >= 0.6 is 11.6 Å². The van der Waals surface area contributed by atoms with Crippen molar-refractivity contribution in [2.45, 2.75) is 33.7 Å². The smallest absolute Gasteiger partial charge is 0.326 e. The Morgan fingerprint density at radius 3 is 2.38 bits per heavy atom. The number of carboxylic acid groups (broad SMARTS) is 1. The number of nitrogens with zero attached hydrogens (tertiary/aromatic N) is 2. The Hall–Kier alpha value is -1.82. The molecule has 21 heavy (non-hydrogen) atoms. The molecular formula is C14H20ClN3O3. The molecule has 0 aliphatic heterocycles. The molecule has 0 radical (unpaired) electrons. The second-order valence-corrected chi connectivity index (χ2v) is 6.25. The Balaban J connectivity index is 2.86. The van der Waals surface area contributed by atoms with Gasteiger partial charge in [0.25, 0.3) is 0 Å². The Bertz CT molecular complexity index is 585. The quantitative estimate of drug-likeness (QED) is 0.833. The molecule has 0 aliphatic carbocycles. The zero-order valence-corrected chi connectivity index (χ0v) is 13.5. The van der Waals surface area contributed by atoms with Crippen LogP contribution in [0.4, 0.5) is 0 Å². The minimum absolute atomic E-state index is 0.419. The lowest BCUT2D eigenvalue weighted by Gasteiger charge is -2.27. The summed E-state index contributed by atoms with van der Waals surface area (Å²) in [6, 6.07) is -0.972. The van der Waals surface area contributed by atoms with E-state index >= 15 is 0 Å². The highest BCUT2D eigenvalue weighted by Gasteiger charge is 2.32. The summed E-state index contributed by atoms with van der Waals surface area (Å²) in [5, 5.41) is 16.2. The topological polar surface area (TPSA) is 84.2 Å². The summed E-state index contributed by atoms with van der Waals surface area (Å²) in [5.41, 5.74) is 0.742. The van der Waals surface area contributed by atoms with Crippen molar-refractivity contribution >= 4 is 29.6 Å². The zero-order chi connectivity index (χ0) is 16.4. The van der Waals surface area contributed by atoms with Crippen molar-refractivity contribution in [1.82, 2.24) is 15.1 Å². The van der Waals surface area contributed by atoms with Crippen LogP contribution < -0.4 is 5.32 Å². The summed E-state index contributed by atoms with van der Waals surface area (Å²) in [4.78, 5) is 23.1. The molecule has 1 amide bonds. The van der Waals surface area contributed by atoms with E-state index in [0.717, 1.165) is 0 Å². The average molecular weight is 314 g/mol. The van der Waals surface area contributed by atoms with Crippen LogP contribution in [0.5, 0.6) is 0 Å². The van der Waals surface area contributed by atoms with Crippen molar-refractivity contribution in [3.8, 4) is 0 Å². The van der Waals surface area contributed by atoms with Gasteiger partial charge in [-0.25, -0.2) is 4.79 Å². The number of hydrogen-bond acceptors (Lipinski definition) is 3. The van der Waals surface area contributed by atoms with Gasteiger partial charge in [0.2, 0.25) is 5.91 Å². The van der Waals surface area contributed by atoms with Crippen LogP contribution in [-0.4, -0.2) is 32.8 Å². The van der Waals surface area contributed by atoms with E-state index in [1.165, 1.54) is 16.8 Å². The SMILES string of the molecule is Cc1nn(C)c(Cl)c1/C=C/C(=O)N[C@H](C(=O)O)C(C)(C)C. The van der Waals surface area contributed by atoms with Gasteiger partial charge in [-0.05, 0) is 18.4 Å². The van der Waals surface area contributed by atoms with Gasteiger partial charge >= 0.3 is 5.97 Å². The maximum absolute atomic E-state index is 11.9. The van der Waals surface area contributed by atoms with Crippen molar-refractivity contribution in [2.24, 2.45) is 12.5 Å². The van der Waals surface area contributed by atoms with Gasteiger partial charge in [-0.1, -0.05) is 32.4 Å². The van der Waals surface area contributed by atoms with E-state index in [1.807, 2.05) is 0 Å². The Kier molecular flexibility index (Phi) is 5.17. The van der Waals surface area contributed by atoms with Crippen molar-refractivity contribution in [3.63, 3.8) is 0 Å². The second kappa shape index (κ2) is 6.30. The molecule has 0 bridgehead atoms. The number of carbonyl (C=O) groups is 2. The number of halogens is 1. The van der Waals surface area contributed by atoms with Crippen LogP contribution in [0.2, 0.25) is 5.15 Å². The first-order valence-corrected chi connectivity index (χ1v) is 6.82. The molecule has 6 nitrogen and oxygen atoms in total. The van der Waals surface area contributed by atoms with E-state index in [-0.39, 0.29) is 0 Å². The predicted octanol–water partition coefficient (Wildman–Crippen LogP) is 2.01. The molecule has 1 aromatic heterocycles. The Labute approximate surface area is 128 Å². The van der Waals surface area contributed by atoms with E-state index in [1.54, 1.807) is 34.7 Å². The third-order valence-electron chi connectivity index (χ3n) is 3.00. The lowest BCUT2D eigenvalue weighted by atomic mass is 9.87. The summed E-state index contributed by atoms with van der Waals surface area (Å²) < 4.78 is 1.50. The van der Waals surface area contributed by atoms with Crippen LogP contribution in [0, 0.1) is 12.3 Å². The zero-order valence-electron chi connectivity index (χ0n) is 12.8. The monoisotopic (exact) mass is 313 g/mol. The molecule has 1 rings (SSSR count). The standard InChI is InChI=1S/C14H20ClN3O3/c1-8-9(12(15)18(5)17-8)6-7-10(19)16-11(13(20)21)14(2,3)4/h6-7,11H,1-5H3,(H,16,19)(H,20,21)/b7-6+/t11-/m1/s1. The van der Waals surface area contributed by atoms with Gasteiger partial charge in [-0.3, -0.25) is 9.48 Å². The first-order valence-electron chi connectivity index (χ1n) is 6.44. The van der Waals surface area contributed by atoms with E-state index < -0.39 is 23.3 Å². The summed E-state index contributed by atoms with van der Waals surface area (Å²) in [6.07, 6.45) is 2.79. The number of aliphatic carboxylic acids is 1. The molecule has 2 N–H and O–H groups in total. The van der Waals surface area contributed by atoms with Crippen LogP contribution in [0.1, 0.15) is 32.0 Å². The largest absolute Gasteiger partial charge is 0.480 e. The summed E-state index contributed by atoms with van der Waals surface area (Å²) in [5.74, 6) is -1.56. The molecule has 0 unspecified atom stereocenters. The molecule has 1 heterocycles. The van der Waals surface area contributed by atoms with Gasteiger partial charge in [0.15, 0.2) is 0 Å². The number of rotatable bonds is 4. The highest BCUT2D eigenvalue weighted by Crippen LogP contribution is 2.21. The highest BCUT2D eigenvalue weighted by atomic mass is 35.5. The normalized spacial score (nSPS) is 13.4. The molecule has 0 spiro atoms. The molecule has 0 aromatic carbocycles. The maximum Gasteiger partial charge on any atom is 0.326 e. The molecule has 7 heteroatoms. The molecule has 0 saturated heterocycles. The summed E-state index contributed by atoms with van der Waals surface area (Å²) in [7, 11) is 1.70. The van der Waals surface area contributed by atoms with E-state index in [0.29, 0.717) is 16.4 Å². The number of carboxylic acids is 1. The lowest BCUT2D eigenvalue weighted by Crippen LogP contribution is -2.48. The van der Waals surface area contributed by atoms with E-state index in [2.05, 4.69) is 10.4 Å². The molecule has 1 aromatic rings. The number of amides is 1. The number of hydrogen-bond donors (Lipinski definition) is 2. The van der Waals surface area contributed by atoms with E-state index in [4.69, 9.17) is 16.7 Å². The first kappa shape index (κ1) is 17.2. The average Bonchev–Trinajstić information content (AvgIpc) is 2.56. The third-order valence-corrected chi connectivity index (χ3v) is 3.45. The van der Waals surface area contributed by atoms with Crippen molar-refractivity contribution in [3.05, 3.63) is 22.5 Å². The summed E-state index contributed by atoms with van der Waals surface area (Å²) in [6.45, 7) is 7.02. The van der Waals surface area contributed by atoms with Crippen molar-refractivity contribution in [2.75, 3.05) is 0 Å². The summed E-state index contributed by atoms with van der Waals surface area (Å²) >= 11 is 6.05. The molecule has 0 fully saturated rings. The van der Waals surface area contributed by atoms with Crippen LogP contribution in [0.3, 0.4) is 0 Å². The van der Waals surface area contributed by atoms with Gasteiger partial charge < -0.3 is 10.4 Å². The predicted molar refractivity (Wildman–Crippen MR) is 81.0 cm³/mol. The minimum atomic E-state index is -1.07. The fraction of sp³-hybridized carbons (Fsp3) is 0.500. The van der Waals surface area contributed by atoms with Gasteiger partial charge in [0.05, 0.1) is 5.69 Å². The van der Waals surface area contributed by atoms with Gasteiger partial charge in [-0.15, -0.1) is 0 Å². The molecule has 116 valence electrons. The first-order chi connectivity index (χ1) is 9.54. The van der Waals surface area contributed by atoms with Crippen molar-refractivity contribution < 1.29 is 14.7 Å². The van der Waals surface area contributed by atoms with Crippen LogP contribution in [0.15, 0.2) is 6.08 Å².